The van der Waals surface area contributed by atoms with Crippen LogP contribution in [0.1, 0.15) is 6.92 Å². The van der Waals surface area contributed by atoms with Crippen LogP contribution in [0.2, 0.25) is 0 Å². The molecule has 0 amide bonds. The summed E-state index contributed by atoms with van der Waals surface area (Å²) < 4.78 is 35.9. The van der Waals surface area contributed by atoms with Crippen LogP contribution in [0.25, 0.3) is 0 Å². The van der Waals surface area contributed by atoms with E-state index in [0.717, 1.165) is 6.08 Å². The number of hydrogen-bond donors (Lipinski definition) is 0. The lowest BCUT2D eigenvalue weighted by atomic mass is 10.0. The van der Waals surface area contributed by atoms with Crippen LogP contribution in [0, 0.1) is 5.92 Å². The number of carbonyl (C=O) groups excluding carboxylic acids is 1. The Bertz CT molecular complexity index is 262. The van der Waals surface area contributed by atoms with Crippen molar-refractivity contribution in [1.82, 2.24) is 0 Å². The number of halogens is 3. The van der Waals surface area contributed by atoms with Crippen LogP contribution in [0.15, 0.2) is 30.1 Å². The van der Waals surface area contributed by atoms with E-state index in [1.54, 1.807) is 0 Å². The van der Waals surface area contributed by atoms with E-state index in [1.165, 1.54) is 12.9 Å². The maximum Gasteiger partial charge on any atom is 0.257 e. The Morgan fingerprint density at radius 3 is 2.31 bits per heavy atom. The van der Waals surface area contributed by atoms with Gasteiger partial charge in [-0.15, -0.1) is 0 Å². The van der Waals surface area contributed by atoms with Gasteiger partial charge in [-0.05, 0) is 13.0 Å². The van der Waals surface area contributed by atoms with Gasteiger partial charge < -0.3 is 0 Å². The molecule has 1 unspecified atom stereocenters. The molecule has 0 aliphatic carbocycles. The van der Waals surface area contributed by atoms with Crippen molar-refractivity contribution in [3.63, 3.8) is 0 Å². The van der Waals surface area contributed by atoms with Crippen LogP contribution >= 0.6 is 0 Å². The van der Waals surface area contributed by atoms with Crippen LogP contribution in [0.3, 0.4) is 0 Å². The van der Waals surface area contributed by atoms with Crippen molar-refractivity contribution in [3.8, 4) is 0 Å². The maximum atomic E-state index is 12.6. The summed E-state index contributed by atoms with van der Waals surface area (Å²) in [5, 5.41) is 0. The van der Waals surface area contributed by atoms with Crippen LogP contribution < -0.4 is 0 Å². The van der Waals surface area contributed by atoms with Gasteiger partial charge in [-0.25, -0.2) is 18.0 Å². The van der Waals surface area contributed by atoms with Gasteiger partial charge in [-0.1, -0.05) is 12.7 Å². The van der Waals surface area contributed by atoms with Gasteiger partial charge in [0.05, 0.1) is 5.92 Å². The van der Waals surface area contributed by atoms with Gasteiger partial charge in [0.25, 0.3) is 6.43 Å². The molecule has 0 saturated heterocycles. The Morgan fingerprint density at radius 2 is 2.00 bits per heavy atom. The molecule has 0 rings (SSSR count). The second kappa shape index (κ2) is 5.38. The fourth-order valence-electron chi connectivity index (χ4n) is 0.742. The second-order valence-corrected chi connectivity index (χ2v) is 2.43. The van der Waals surface area contributed by atoms with E-state index in [9.17, 15) is 18.0 Å². The molecule has 13 heavy (non-hydrogen) atoms. The highest BCUT2D eigenvalue weighted by Gasteiger charge is 2.12. The van der Waals surface area contributed by atoms with E-state index < -0.39 is 18.2 Å². The highest BCUT2D eigenvalue weighted by atomic mass is 19.3. The summed E-state index contributed by atoms with van der Waals surface area (Å²) in [6.45, 7) is 4.24. The summed E-state index contributed by atoms with van der Waals surface area (Å²) in [5.41, 5.74) is -0.00981. The zero-order chi connectivity index (χ0) is 10.4. The van der Waals surface area contributed by atoms with Gasteiger partial charge in [0.15, 0.2) is 0 Å². The Morgan fingerprint density at radius 1 is 1.46 bits per heavy atom. The van der Waals surface area contributed by atoms with Gasteiger partial charge in [0.1, 0.15) is 11.8 Å². The lowest BCUT2D eigenvalue weighted by Crippen LogP contribution is -2.00. The number of hydrogen-bond acceptors (Lipinski definition) is 1. The Balaban J connectivity index is 4.64. The first-order valence-electron chi connectivity index (χ1n) is 3.51. The molecule has 0 aliphatic rings. The molecular weight excluding hydrogens is 181 g/mol. The third-order valence-corrected chi connectivity index (χ3v) is 1.41. The fourth-order valence-corrected chi connectivity index (χ4v) is 0.742. The third-order valence-electron chi connectivity index (χ3n) is 1.41. The van der Waals surface area contributed by atoms with Crippen LogP contribution in [0.4, 0.5) is 13.2 Å². The van der Waals surface area contributed by atoms with Gasteiger partial charge in [0.2, 0.25) is 0 Å². The Kier molecular flexibility index (Phi) is 4.85. The molecule has 72 valence electrons. The summed E-state index contributed by atoms with van der Waals surface area (Å²) in [6, 6.07) is 0. The summed E-state index contributed by atoms with van der Waals surface area (Å²) in [5.74, 6) is -0.501. The molecule has 0 bridgehead atoms. The molecule has 0 aromatic carbocycles. The van der Waals surface area contributed by atoms with Gasteiger partial charge >= 0.3 is 0 Å². The fraction of sp³-hybridized carbons (Fsp3) is 0.333. The zero-order valence-corrected chi connectivity index (χ0v) is 7.06. The Labute approximate surface area is 74.2 Å². The van der Waals surface area contributed by atoms with E-state index >= 15 is 0 Å². The van der Waals surface area contributed by atoms with E-state index in [0.29, 0.717) is 6.08 Å². The molecule has 0 N–H and O–H groups in total. The molecule has 1 nitrogen and oxygen atoms in total. The highest BCUT2D eigenvalue weighted by Crippen LogP contribution is 2.19. The standard InChI is InChI=1S/C9H9F3O/c1-6(5-13)8(7(2)10)3-4-9(11)12/h3-4,8-9H,2H2,1H3. The largest absolute Gasteiger partial charge is 0.257 e. The molecule has 1 atom stereocenters. The maximum absolute atomic E-state index is 12.6. The quantitative estimate of drug-likeness (QED) is 0.492. The Hall–Kier alpha value is -1.28. The second-order valence-electron chi connectivity index (χ2n) is 2.43. The lowest BCUT2D eigenvalue weighted by Gasteiger charge is -2.06. The monoisotopic (exact) mass is 190 g/mol. The molecule has 4 heteroatoms. The van der Waals surface area contributed by atoms with E-state index in [4.69, 9.17) is 0 Å². The highest BCUT2D eigenvalue weighted by molar-refractivity contribution is 5.54. The smallest absolute Gasteiger partial charge is 0.234 e. The minimum atomic E-state index is -2.67. The van der Waals surface area contributed by atoms with Crippen LogP contribution in [-0.2, 0) is 4.79 Å². The van der Waals surface area contributed by atoms with Crippen molar-refractivity contribution >= 4 is 5.94 Å². The predicted molar refractivity (Wildman–Crippen MR) is 43.8 cm³/mol. The van der Waals surface area contributed by atoms with Crippen molar-refractivity contribution < 1.29 is 18.0 Å². The van der Waals surface area contributed by atoms with Crippen molar-refractivity contribution in [1.29, 1.82) is 0 Å². The van der Waals surface area contributed by atoms with Crippen LogP contribution in [0.5, 0.6) is 0 Å². The average molecular weight is 190 g/mol. The first kappa shape index (κ1) is 11.7. The molecule has 0 aromatic heterocycles. The molecule has 0 saturated carbocycles. The summed E-state index contributed by atoms with van der Waals surface area (Å²) >= 11 is 0. The minimum absolute atomic E-state index is 0.00981. The SMILES string of the molecule is C=C(F)C(C=CC(F)F)C(C)=C=O. The van der Waals surface area contributed by atoms with Crippen molar-refractivity contribution in [2.24, 2.45) is 5.92 Å². The van der Waals surface area contributed by atoms with Gasteiger partial charge in [0, 0.05) is 5.57 Å². The zero-order valence-electron chi connectivity index (χ0n) is 7.06. The number of alkyl halides is 2. The molecule has 0 fully saturated rings. The van der Waals surface area contributed by atoms with Crippen molar-refractivity contribution in [2.75, 3.05) is 0 Å². The molecule has 0 aromatic rings. The summed E-state index contributed by atoms with van der Waals surface area (Å²) in [7, 11) is 0. The first-order chi connectivity index (χ1) is 5.99. The van der Waals surface area contributed by atoms with Crippen molar-refractivity contribution in [3.05, 3.63) is 30.1 Å². The van der Waals surface area contributed by atoms with Crippen molar-refractivity contribution in [2.45, 2.75) is 13.3 Å². The number of allylic oxidation sites excluding steroid dienone is 4. The van der Waals surface area contributed by atoms with Gasteiger partial charge in [-0.3, -0.25) is 0 Å². The molecule has 0 spiro atoms. The summed E-state index contributed by atoms with van der Waals surface area (Å²) in [4.78, 5) is 10.1. The first-order valence-corrected chi connectivity index (χ1v) is 3.51. The third kappa shape index (κ3) is 4.33. The molecule has 0 radical (unpaired) electrons. The topological polar surface area (TPSA) is 17.1 Å². The predicted octanol–water partition coefficient (Wildman–Crippen LogP) is 2.69. The summed E-state index contributed by atoms with van der Waals surface area (Å²) in [6.07, 6.45) is -1.26. The van der Waals surface area contributed by atoms with E-state index in [2.05, 4.69) is 6.58 Å². The molecule has 0 aliphatic heterocycles. The average Bonchev–Trinajstić information content (AvgIpc) is 2.03. The lowest BCUT2D eigenvalue weighted by molar-refractivity contribution is 0.203. The normalized spacial score (nSPS) is 13.0. The van der Waals surface area contributed by atoms with Gasteiger partial charge in [-0.2, -0.15) is 0 Å². The molecular formula is C9H9F3O. The van der Waals surface area contributed by atoms with Crippen LogP contribution in [-0.4, -0.2) is 12.4 Å². The van der Waals surface area contributed by atoms with E-state index in [-0.39, 0.29) is 5.57 Å². The minimum Gasteiger partial charge on any atom is -0.234 e. The van der Waals surface area contributed by atoms with E-state index in [1.807, 2.05) is 0 Å². The molecule has 0 heterocycles. The number of rotatable bonds is 4.